The van der Waals surface area contributed by atoms with E-state index in [-0.39, 0.29) is 11.2 Å². The third-order valence-corrected chi connectivity index (χ3v) is 1.71. The molecule has 3 nitrogen and oxygen atoms in total. The van der Waals surface area contributed by atoms with E-state index in [0.717, 1.165) is 5.57 Å². The van der Waals surface area contributed by atoms with Crippen molar-refractivity contribution in [3.63, 3.8) is 0 Å². The molecule has 0 aromatic rings. The van der Waals surface area contributed by atoms with Gasteiger partial charge < -0.3 is 15.6 Å². The Bertz CT molecular complexity index is 230. The molecule has 2 heterocycles. The predicted octanol–water partition coefficient (Wildman–Crippen LogP) is -0.734. The van der Waals surface area contributed by atoms with Crippen molar-refractivity contribution < 1.29 is 5.06 Å². The zero-order chi connectivity index (χ0) is 6.97. The average Bonchev–Trinajstić information content (AvgIpc) is 2.36. The van der Waals surface area contributed by atoms with Gasteiger partial charge in [0.25, 0.3) is 0 Å². The van der Waals surface area contributed by atoms with E-state index in [4.69, 9.17) is 0 Å². The number of nitrogens with one attached hydrogen (secondary N) is 2. The van der Waals surface area contributed by atoms with Gasteiger partial charge in [0.1, 0.15) is 0 Å². The van der Waals surface area contributed by atoms with Crippen LogP contribution in [0.3, 0.4) is 0 Å². The predicted molar refractivity (Wildman–Crippen MR) is 37.6 cm³/mol. The summed E-state index contributed by atoms with van der Waals surface area (Å²) < 4.78 is 0. The van der Waals surface area contributed by atoms with Crippen LogP contribution < -0.4 is 10.4 Å². The molecule has 2 atom stereocenters. The minimum atomic E-state index is -0.0926. The molecule has 0 fully saturated rings. The molecule has 0 radical (unpaired) electrons. The molecule has 52 valence electrons. The van der Waals surface area contributed by atoms with Crippen molar-refractivity contribution in [1.82, 2.24) is 5.32 Å². The van der Waals surface area contributed by atoms with E-state index in [1.807, 2.05) is 12.2 Å². The molecular formula is C7H8N2O. The number of hydrogen-bond donors (Lipinski definition) is 2. The van der Waals surface area contributed by atoms with Crippen LogP contribution in [-0.2, 0) is 0 Å². The number of rotatable bonds is 0. The molecule has 0 aromatic heterocycles. The molecule has 2 N–H and O–H groups in total. The van der Waals surface area contributed by atoms with Gasteiger partial charge in [-0.25, -0.2) is 0 Å². The third kappa shape index (κ3) is 0.683. The summed E-state index contributed by atoms with van der Waals surface area (Å²) in [6, 6.07) is 0. The fraction of sp³-hybridized carbons (Fsp3) is 0.143. The molecule has 10 heavy (non-hydrogen) atoms. The van der Waals surface area contributed by atoms with Gasteiger partial charge in [-0.1, -0.05) is 0 Å². The molecule has 0 aliphatic carbocycles. The summed E-state index contributed by atoms with van der Waals surface area (Å²) >= 11 is 0. The first-order valence-electron chi connectivity index (χ1n) is 3.22. The lowest BCUT2D eigenvalue weighted by molar-refractivity contribution is -0.817. The number of allylic oxidation sites excluding steroid dienone is 2. The zero-order valence-electron chi connectivity index (χ0n) is 5.37. The molecule has 0 amide bonds. The Balaban J connectivity index is 2.31. The lowest BCUT2D eigenvalue weighted by Crippen LogP contribution is -3.09. The fourth-order valence-corrected chi connectivity index (χ4v) is 1.18. The van der Waals surface area contributed by atoms with Crippen LogP contribution in [0, 0.1) is 5.21 Å². The molecule has 2 aliphatic rings. The second kappa shape index (κ2) is 1.97. The van der Waals surface area contributed by atoms with Gasteiger partial charge in [-0.15, -0.1) is 0 Å². The normalized spacial score (nSPS) is 35.1. The Morgan fingerprint density at radius 1 is 1.60 bits per heavy atom. The van der Waals surface area contributed by atoms with Crippen LogP contribution in [0.5, 0.6) is 0 Å². The van der Waals surface area contributed by atoms with Crippen LogP contribution >= 0.6 is 0 Å². The van der Waals surface area contributed by atoms with Crippen LogP contribution in [0.2, 0.25) is 0 Å². The van der Waals surface area contributed by atoms with Crippen molar-refractivity contribution in [2.24, 2.45) is 0 Å². The highest BCUT2D eigenvalue weighted by molar-refractivity contribution is 5.32. The summed E-state index contributed by atoms with van der Waals surface area (Å²) in [6.45, 7) is 0. The second-order valence-electron chi connectivity index (χ2n) is 2.36. The highest BCUT2D eigenvalue weighted by Crippen LogP contribution is 2.07. The van der Waals surface area contributed by atoms with Crippen molar-refractivity contribution in [2.45, 2.75) is 6.17 Å². The van der Waals surface area contributed by atoms with Gasteiger partial charge in [0, 0.05) is 11.8 Å². The number of quaternary nitrogens is 1. The summed E-state index contributed by atoms with van der Waals surface area (Å²) in [6.07, 6.45) is 8.96. The van der Waals surface area contributed by atoms with Gasteiger partial charge in [0.2, 0.25) is 0 Å². The minimum absolute atomic E-state index is 0.0926. The SMILES string of the molecule is [O-][NH+]1C=CC=C2C=CNC21. The maximum atomic E-state index is 11.0. The first kappa shape index (κ1) is 5.70. The second-order valence-corrected chi connectivity index (χ2v) is 2.36. The van der Waals surface area contributed by atoms with Crippen molar-refractivity contribution >= 4 is 0 Å². The van der Waals surface area contributed by atoms with Crippen LogP contribution in [0.25, 0.3) is 0 Å². The third-order valence-electron chi connectivity index (χ3n) is 1.71. The maximum Gasteiger partial charge on any atom is 0.190 e. The zero-order valence-corrected chi connectivity index (χ0v) is 5.37. The van der Waals surface area contributed by atoms with Gasteiger partial charge in [-0.05, 0) is 18.2 Å². The van der Waals surface area contributed by atoms with Gasteiger partial charge in [0.05, 0.1) is 6.20 Å². The van der Waals surface area contributed by atoms with Crippen LogP contribution in [0.15, 0.2) is 36.2 Å². The lowest BCUT2D eigenvalue weighted by Gasteiger charge is -2.27. The van der Waals surface area contributed by atoms with E-state index in [1.54, 1.807) is 18.5 Å². The Labute approximate surface area is 58.9 Å². The Hall–Kier alpha value is -1.06. The Morgan fingerprint density at radius 2 is 2.50 bits per heavy atom. The molecule has 2 aliphatic heterocycles. The van der Waals surface area contributed by atoms with Gasteiger partial charge >= 0.3 is 0 Å². The molecular weight excluding hydrogens is 128 g/mol. The molecule has 0 spiro atoms. The van der Waals surface area contributed by atoms with E-state index in [9.17, 15) is 5.21 Å². The van der Waals surface area contributed by atoms with Crippen LogP contribution in [0.4, 0.5) is 0 Å². The van der Waals surface area contributed by atoms with E-state index < -0.39 is 0 Å². The van der Waals surface area contributed by atoms with Crippen LogP contribution in [-0.4, -0.2) is 6.17 Å². The first-order valence-corrected chi connectivity index (χ1v) is 3.22. The molecule has 3 heteroatoms. The first-order chi connectivity index (χ1) is 4.88. The van der Waals surface area contributed by atoms with Gasteiger partial charge in [0.15, 0.2) is 6.17 Å². The molecule has 0 saturated heterocycles. The Morgan fingerprint density at radius 3 is 3.30 bits per heavy atom. The van der Waals surface area contributed by atoms with Crippen LogP contribution in [0.1, 0.15) is 0 Å². The topological polar surface area (TPSA) is 39.5 Å². The fourth-order valence-electron chi connectivity index (χ4n) is 1.18. The Kier molecular flexibility index (Phi) is 1.12. The molecule has 2 unspecified atom stereocenters. The van der Waals surface area contributed by atoms with E-state index in [2.05, 4.69) is 5.32 Å². The van der Waals surface area contributed by atoms with E-state index >= 15 is 0 Å². The van der Waals surface area contributed by atoms with E-state index in [1.165, 1.54) is 0 Å². The summed E-state index contributed by atoms with van der Waals surface area (Å²) in [7, 11) is 0. The van der Waals surface area contributed by atoms with Gasteiger partial charge in [-0.2, -0.15) is 0 Å². The summed E-state index contributed by atoms with van der Waals surface area (Å²) in [5, 5.41) is 14.1. The van der Waals surface area contributed by atoms with Gasteiger partial charge in [-0.3, -0.25) is 0 Å². The van der Waals surface area contributed by atoms with Crippen molar-refractivity contribution in [1.29, 1.82) is 0 Å². The monoisotopic (exact) mass is 136 g/mol. The quantitative estimate of drug-likeness (QED) is 0.431. The smallest absolute Gasteiger partial charge is 0.190 e. The van der Waals surface area contributed by atoms with Crippen molar-refractivity contribution in [3.05, 3.63) is 41.4 Å². The minimum Gasteiger partial charge on any atom is -0.627 e. The summed E-state index contributed by atoms with van der Waals surface area (Å²) in [5.74, 6) is 0. The maximum absolute atomic E-state index is 11.0. The summed E-state index contributed by atoms with van der Waals surface area (Å²) in [4.78, 5) is 0. The largest absolute Gasteiger partial charge is 0.627 e. The highest BCUT2D eigenvalue weighted by Gasteiger charge is 2.21. The van der Waals surface area contributed by atoms with Crippen molar-refractivity contribution in [3.8, 4) is 0 Å². The highest BCUT2D eigenvalue weighted by atomic mass is 16.5. The molecule has 0 aromatic carbocycles. The standard InChI is InChI=1S/C7H8N2O/c10-9-5-1-2-6-3-4-8-7(6)9/h1-5,7-9H. The molecule has 0 saturated carbocycles. The molecule has 2 rings (SSSR count). The number of hydrogen-bond acceptors (Lipinski definition) is 2. The number of hydroxylamine groups is 2. The van der Waals surface area contributed by atoms with E-state index in [0.29, 0.717) is 0 Å². The average molecular weight is 136 g/mol. The summed E-state index contributed by atoms with van der Waals surface area (Å²) in [5.41, 5.74) is 1.06. The lowest BCUT2D eigenvalue weighted by atomic mass is 10.2. The number of fused-ring (bicyclic) bond motifs is 1. The molecule has 0 bridgehead atoms. The van der Waals surface area contributed by atoms with Crippen molar-refractivity contribution in [2.75, 3.05) is 0 Å².